The van der Waals surface area contributed by atoms with Crippen LogP contribution in [0.25, 0.3) is 0 Å². The first kappa shape index (κ1) is 3.38. The van der Waals surface area contributed by atoms with Crippen molar-refractivity contribution in [1.29, 1.82) is 0 Å². The minimum absolute atomic E-state index is 0.569. The van der Waals surface area contributed by atoms with Crippen LogP contribution in [0.4, 0.5) is 0 Å². The molecular weight excluding hydrogens is 129 g/mol. The summed E-state index contributed by atoms with van der Waals surface area (Å²) in [5.74, 6) is 0. The summed E-state index contributed by atoms with van der Waals surface area (Å²) in [6, 6.07) is 0. The predicted molar refractivity (Wildman–Crippen MR) is 23.7 cm³/mol. The Hall–Kier alpha value is 0.189. The van der Waals surface area contributed by atoms with Gasteiger partial charge in [0.05, 0.1) is 0 Å². The van der Waals surface area contributed by atoms with Crippen LogP contribution < -0.4 is 0 Å². The van der Waals surface area contributed by atoms with Gasteiger partial charge in [0.15, 0.2) is 0 Å². The standard InChI is InChI=1S/C3H5NSe/c1-2-4-5-3-1/h3H,1-2H2. The molecule has 1 heterocycles. The average Bonchev–Trinajstić information content (AvgIpc) is 1.76. The molecule has 0 N–H and O–H groups in total. The quantitative estimate of drug-likeness (QED) is 0.416. The first-order valence-electron chi connectivity index (χ1n) is 1.64. The van der Waals surface area contributed by atoms with Crippen molar-refractivity contribution >= 4 is 19.2 Å². The number of rotatable bonds is 0. The van der Waals surface area contributed by atoms with Crippen molar-refractivity contribution in [3.8, 4) is 0 Å². The molecule has 0 aliphatic carbocycles. The third-order valence-electron chi connectivity index (χ3n) is 0.487. The first-order valence-corrected chi connectivity index (χ1v) is 3.40. The van der Waals surface area contributed by atoms with Crippen molar-refractivity contribution in [2.75, 3.05) is 6.54 Å². The van der Waals surface area contributed by atoms with Crippen LogP contribution in [0, 0.1) is 0 Å². The van der Waals surface area contributed by atoms with E-state index in [-0.39, 0.29) is 0 Å². The number of hydrogen-bond donors (Lipinski definition) is 0. The van der Waals surface area contributed by atoms with Gasteiger partial charge in [-0.25, -0.2) is 0 Å². The van der Waals surface area contributed by atoms with Crippen molar-refractivity contribution in [3.05, 3.63) is 0 Å². The number of hydrogen-bond acceptors (Lipinski definition) is 1. The molecular formula is C3H5NSe. The van der Waals surface area contributed by atoms with Gasteiger partial charge in [-0.3, -0.25) is 0 Å². The Labute approximate surface area is 36.9 Å². The third kappa shape index (κ3) is 0.746. The van der Waals surface area contributed by atoms with E-state index in [2.05, 4.69) is 8.88 Å². The molecule has 0 saturated carbocycles. The molecule has 0 aromatic heterocycles. The van der Waals surface area contributed by atoms with Crippen molar-refractivity contribution in [1.82, 2.24) is 0 Å². The van der Waals surface area contributed by atoms with E-state index in [0.717, 1.165) is 6.54 Å². The second-order valence-electron chi connectivity index (χ2n) is 0.913. The minimum atomic E-state index is 0.569. The Bertz CT molecular complexity index is 72.9. The van der Waals surface area contributed by atoms with E-state index in [0.29, 0.717) is 14.3 Å². The van der Waals surface area contributed by atoms with Crippen LogP contribution >= 0.6 is 0 Å². The molecule has 0 spiro atoms. The molecule has 2 heteroatoms. The zero-order valence-corrected chi connectivity index (χ0v) is 4.56. The van der Waals surface area contributed by atoms with Gasteiger partial charge in [0.1, 0.15) is 0 Å². The van der Waals surface area contributed by atoms with Crippen LogP contribution in [0.5, 0.6) is 0 Å². The van der Waals surface area contributed by atoms with E-state index in [4.69, 9.17) is 0 Å². The molecule has 28 valence electrons. The molecule has 0 bridgehead atoms. The van der Waals surface area contributed by atoms with Gasteiger partial charge >= 0.3 is 36.2 Å². The molecule has 0 aromatic carbocycles. The van der Waals surface area contributed by atoms with E-state index in [1.54, 1.807) is 0 Å². The molecule has 1 aliphatic heterocycles. The van der Waals surface area contributed by atoms with E-state index < -0.39 is 0 Å². The third-order valence-corrected chi connectivity index (χ3v) is 1.99. The average molecular weight is 134 g/mol. The predicted octanol–water partition coefficient (Wildman–Crippen LogP) is 0.0801. The van der Waals surface area contributed by atoms with Crippen LogP contribution in [0.2, 0.25) is 0 Å². The van der Waals surface area contributed by atoms with Crippen molar-refractivity contribution in [3.63, 3.8) is 0 Å². The molecule has 0 atom stereocenters. The summed E-state index contributed by atoms with van der Waals surface area (Å²) in [6.07, 6.45) is 1.24. The molecule has 5 heavy (non-hydrogen) atoms. The zero-order valence-electron chi connectivity index (χ0n) is 2.85. The van der Waals surface area contributed by atoms with E-state index in [9.17, 15) is 0 Å². The topological polar surface area (TPSA) is 12.4 Å². The molecule has 0 aromatic rings. The van der Waals surface area contributed by atoms with E-state index >= 15 is 0 Å². The number of nitrogens with zero attached hydrogens (tertiary/aromatic N) is 1. The van der Waals surface area contributed by atoms with E-state index in [1.165, 1.54) is 6.42 Å². The molecule has 0 amide bonds. The van der Waals surface area contributed by atoms with Crippen LogP contribution in [0.15, 0.2) is 3.96 Å². The van der Waals surface area contributed by atoms with Gasteiger partial charge in [-0.05, 0) is 0 Å². The Balaban J connectivity index is 2.64. The first-order chi connectivity index (χ1) is 2.50. The van der Waals surface area contributed by atoms with Gasteiger partial charge in [-0.1, -0.05) is 0 Å². The van der Waals surface area contributed by atoms with Crippen LogP contribution in [0.1, 0.15) is 6.42 Å². The summed E-state index contributed by atoms with van der Waals surface area (Å²) in [6.45, 7) is 1.10. The van der Waals surface area contributed by atoms with Crippen molar-refractivity contribution < 1.29 is 0 Å². The Morgan fingerprint density at radius 1 is 1.80 bits per heavy atom. The second-order valence-corrected chi connectivity index (χ2v) is 2.60. The van der Waals surface area contributed by atoms with Gasteiger partial charge < -0.3 is 0 Å². The molecule has 1 nitrogen and oxygen atoms in total. The zero-order chi connectivity index (χ0) is 3.54. The summed E-state index contributed by atoms with van der Waals surface area (Å²) in [5.41, 5.74) is 0. The fourth-order valence-corrected chi connectivity index (χ4v) is 1.37. The van der Waals surface area contributed by atoms with Gasteiger partial charge in [-0.2, -0.15) is 0 Å². The maximum atomic E-state index is 4.09. The van der Waals surface area contributed by atoms with Crippen LogP contribution in [-0.2, 0) is 0 Å². The molecule has 1 aliphatic rings. The van der Waals surface area contributed by atoms with Gasteiger partial charge in [-0.15, -0.1) is 0 Å². The monoisotopic (exact) mass is 135 g/mol. The SMILES string of the molecule is C1=[Se]=NCC1. The molecule has 0 saturated heterocycles. The van der Waals surface area contributed by atoms with Crippen LogP contribution in [-0.4, -0.2) is 25.8 Å². The summed E-state index contributed by atoms with van der Waals surface area (Å²) < 4.78 is 4.09. The van der Waals surface area contributed by atoms with Gasteiger partial charge in [0.25, 0.3) is 0 Å². The van der Waals surface area contributed by atoms with Crippen molar-refractivity contribution in [2.45, 2.75) is 6.42 Å². The normalized spacial score (nSPS) is 19.2. The molecule has 0 radical (unpaired) electrons. The molecule has 1 rings (SSSR count). The second kappa shape index (κ2) is 1.58. The molecule has 0 fully saturated rings. The fraction of sp³-hybridized carbons (Fsp3) is 0.667. The van der Waals surface area contributed by atoms with Gasteiger partial charge in [0, 0.05) is 0 Å². The summed E-state index contributed by atoms with van der Waals surface area (Å²) in [5, 5.41) is 0. The molecule has 0 unspecified atom stereocenters. The van der Waals surface area contributed by atoms with Gasteiger partial charge in [0.2, 0.25) is 0 Å². The fourth-order valence-electron chi connectivity index (χ4n) is 0.264. The summed E-state index contributed by atoms with van der Waals surface area (Å²) in [4.78, 5) is 2.26. The van der Waals surface area contributed by atoms with E-state index in [1.807, 2.05) is 0 Å². The van der Waals surface area contributed by atoms with Crippen LogP contribution in [0.3, 0.4) is 0 Å². The summed E-state index contributed by atoms with van der Waals surface area (Å²) >= 11 is 0.569. The Morgan fingerprint density at radius 3 is 3.00 bits per heavy atom. The van der Waals surface area contributed by atoms with Crippen molar-refractivity contribution in [2.24, 2.45) is 3.96 Å². The Kier molecular flexibility index (Phi) is 1.07. The summed E-state index contributed by atoms with van der Waals surface area (Å²) in [7, 11) is 0. The maximum absolute atomic E-state index is 4.09. The Morgan fingerprint density at radius 2 is 2.80 bits per heavy atom.